The second-order valence-electron chi connectivity index (χ2n) is 5.92. The van der Waals surface area contributed by atoms with Crippen molar-refractivity contribution in [1.82, 2.24) is 10.6 Å². The van der Waals surface area contributed by atoms with Gasteiger partial charge in [0.1, 0.15) is 11.5 Å². The molecule has 2 N–H and O–H groups in total. The Balaban J connectivity index is 2.34. The molecule has 7 heteroatoms. The number of unbranched alkanes of at least 4 members (excludes halogenated alkanes) is 2. The number of hydrogen-bond donors (Lipinski definition) is 2. The molecule has 1 aromatic rings. The van der Waals surface area contributed by atoms with Crippen LogP contribution in [0.5, 0.6) is 11.5 Å². The number of rotatable bonds is 15. The van der Waals surface area contributed by atoms with Crippen LogP contribution in [0.2, 0.25) is 0 Å². The third-order valence-electron chi connectivity index (χ3n) is 3.75. The van der Waals surface area contributed by atoms with E-state index in [2.05, 4.69) is 23.8 Å². The van der Waals surface area contributed by atoms with Crippen LogP contribution >= 0.6 is 0 Å². The Morgan fingerprint density at radius 3 is 2.00 bits per heavy atom. The smallest absolute Gasteiger partial charge is 0.243 e. The van der Waals surface area contributed by atoms with Crippen molar-refractivity contribution >= 4 is 18.1 Å². The van der Waals surface area contributed by atoms with Crippen molar-refractivity contribution in [3.05, 3.63) is 49.1 Å². The number of ether oxygens (including phenoxy) is 2. The maximum atomic E-state index is 11.2. The molecule has 0 spiro atoms. The van der Waals surface area contributed by atoms with Gasteiger partial charge in [0.15, 0.2) is 6.29 Å². The van der Waals surface area contributed by atoms with Crippen molar-refractivity contribution in [3.8, 4) is 11.5 Å². The van der Waals surface area contributed by atoms with E-state index in [0.717, 1.165) is 32.0 Å². The third kappa shape index (κ3) is 9.56. The lowest BCUT2D eigenvalue weighted by molar-refractivity contribution is -0.117. The van der Waals surface area contributed by atoms with Crippen molar-refractivity contribution in [3.63, 3.8) is 0 Å². The lowest BCUT2D eigenvalue weighted by Crippen LogP contribution is -2.22. The van der Waals surface area contributed by atoms with E-state index in [1.165, 1.54) is 12.2 Å². The molecule has 0 aliphatic carbocycles. The fourth-order valence-corrected chi connectivity index (χ4v) is 2.22. The summed E-state index contributed by atoms with van der Waals surface area (Å²) in [5.74, 6) is 0.710. The Morgan fingerprint density at radius 1 is 0.893 bits per heavy atom. The summed E-state index contributed by atoms with van der Waals surface area (Å²) in [6.45, 7) is 8.81. The molecule has 0 heterocycles. The largest absolute Gasteiger partial charge is 0.493 e. The summed E-state index contributed by atoms with van der Waals surface area (Å²) in [5.41, 5.74) is 0.458. The fraction of sp³-hybridized carbons (Fsp3) is 0.381. The second kappa shape index (κ2) is 14.0. The summed E-state index contributed by atoms with van der Waals surface area (Å²) in [6, 6.07) is 5.08. The Hall–Kier alpha value is -3.09. The van der Waals surface area contributed by atoms with Gasteiger partial charge in [-0.25, -0.2) is 0 Å². The molecule has 1 aromatic carbocycles. The van der Waals surface area contributed by atoms with Crippen molar-refractivity contribution in [2.75, 3.05) is 26.3 Å². The average molecular weight is 388 g/mol. The summed E-state index contributed by atoms with van der Waals surface area (Å²) in [4.78, 5) is 33.2. The first-order valence-corrected chi connectivity index (χ1v) is 9.26. The summed E-state index contributed by atoms with van der Waals surface area (Å²) in [5, 5.41) is 5.40. The number of nitrogens with one attached hydrogen (secondary N) is 2. The van der Waals surface area contributed by atoms with E-state index in [4.69, 9.17) is 9.47 Å². The second-order valence-corrected chi connectivity index (χ2v) is 5.92. The predicted molar refractivity (Wildman–Crippen MR) is 108 cm³/mol. The van der Waals surface area contributed by atoms with Gasteiger partial charge in [-0.1, -0.05) is 13.2 Å². The summed E-state index contributed by atoms with van der Waals surface area (Å²) >= 11 is 0. The Bertz CT molecular complexity index is 673. The molecule has 7 nitrogen and oxygen atoms in total. The lowest BCUT2D eigenvalue weighted by atomic mass is 10.2. The lowest BCUT2D eigenvalue weighted by Gasteiger charge is -2.12. The number of hydrogen-bond acceptors (Lipinski definition) is 5. The van der Waals surface area contributed by atoms with E-state index in [1.54, 1.807) is 18.2 Å². The Kier molecular flexibility index (Phi) is 11.5. The molecule has 0 aromatic heterocycles. The van der Waals surface area contributed by atoms with Crippen LogP contribution in [0.3, 0.4) is 0 Å². The van der Waals surface area contributed by atoms with E-state index in [1.807, 2.05) is 0 Å². The first-order chi connectivity index (χ1) is 13.6. The van der Waals surface area contributed by atoms with Crippen LogP contribution in [0.1, 0.15) is 36.0 Å². The molecule has 28 heavy (non-hydrogen) atoms. The molecule has 0 saturated carbocycles. The van der Waals surface area contributed by atoms with Crippen LogP contribution in [0.15, 0.2) is 43.5 Å². The normalized spacial score (nSPS) is 9.86. The van der Waals surface area contributed by atoms with Gasteiger partial charge in [0.25, 0.3) is 0 Å². The zero-order chi connectivity index (χ0) is 20.6. The highest BCUT2D eigenvalue weighted by Gasteiger charge is 2.06. The summed E-state index contributed by atoms with van der Waals surface area (Å²) in [7, 11) is 0. The zero-order valence-corrected chi connectivity index (χ0v) is 16.1. The van der Waals surface area contributed by atoms with Crippen molar-refractivity contribution in [2.45, 2.75) is 25.7 Å². The molecule has 0 atom stereocenters. The minimum atomic E-state index is -0.197. The Morgan fingerprint density at radius 2 is 1.46 bits per heavy atom. The quantitative estimate of drug-likeness (QED) is 0.273. The fourth-order valence-electron chi connectivity index (χ4n) is 2.22. The zero-order valence-electron chi connectivity index (χ0n) is 16.1. The molecule has 0 fully saturated rings. The van der Waals surface area contributed by atoms with E-state index >= 15 is 0 Å². The Labute approximate surface area is 165 Å². The number of aldehydes is 1. The van der Waals surface area contributed by atoms with Gasteiger partial charge in [-0.3, -0.25) is 14.4 Å². The van der Waals surface area contributed by atoms with Crippen LogP contribution in [0, 0.1) is 0 Å². The molecule has 0 radical (unpaired) electrons. The van der Waals surface area contributed by atoms with E-state index in [0.29, 0.717) is 43.4 Å². The van der Waals surface area contributed by atoms with Gasteiger partial charge in [-0.2, -0.15) is 0 Å². The average Bonchev–Trinajstić information content (AvgIpc) is 2.72. The molecule has 0 aliphatic rings. The van der Waals surface area contributed by atoms with Gasteiger partial charge in [-0.15, -0.1) is 0 Å². The summed E-state index contributed by atoms with van der Waals surface area (Å²) in [6.07, 6.45) is 6.27. The van der Waals surface area contributed by atoms with Crippen molar-refractivity contribution in [1.29, 1.82) is 0 Å². The van der Waals surface area contributed by atoms with E-state index in [-0.39, 0.29) is 11.8 Å². The molecule has 0 aliphatic heterocycles. The van der Waals surface area contributed by atoms with Gasteiger partial charge in [0.2, 0.25) is 11.8 Å². The van der Waals surface area contributed by atoms with E-state index in [9.17, 15) is 14.4 Å². The number of benzene rings is 1. The summed E-state index contributed by atoms with van der Waals surface area (Å²) < 4.78 is 11.4. The van der Waals surface area contributed by atoms with Gasteiger partial charge in [0, 0.05) is 19.2 Å². The van der Waals surface area contributed by atoms with Gasteiger partial charge in [-0.05, 0) is 50.0 Å². The molecular formula is C21H28N2O5. The van der Waals surface area contributed by atoms with Gasteiger partial charge in [0.05, 0.1) is 18.8 Å². The molecule has 2 amide bonds. The number of carbonyl (C=O) groups is 3. The van der Waals surface area contributed by atoms with Crippen LogP contribution in [0.4, 0.5) is 0 Å². The van der Waals surface area contributed by atoms with E-state index < -0.39 is 0 Å². The number of amides is 2. The first-order valence-electron chi connectivity index (χ1n) is 9.26. The van der Waals surface area contributed by atoms with Crippen molar-refractivity contribution < 1.29 is 23.9 Å². The predicted octanol–water partition coefficient (Wildman–Crippen LogP) is 2.42. The standard InChI is InChI=1S/C21H28N2O5/c1-3-20(25)22-11-5-7-13-27-18-10-9-17(16-24)19(15-18)28-14-8-6-12-23-21(26)4-2/h3-4,9-10,15-16H,1-2,5-8,11-14H2,(H,22,25)(H,23,26). The first kappa shape index (κ1) is 23.0. The highest BCUT2D eigenvalue weighted by Crippen LogP contribution is 2.24. The third-order valence-corrected chi connectivity index (χ3v) is 3.75. The highest BCUT2D eigenvalue weighted by molar-refractivity contribution is 5.87. The van der Waals surface area contributed by atoms with Crippen LogP contribution in [0.25, 0.3) is 0 Å². The van der Waals surface area contributed by atoms with Gasteiger partial charge < -0.3 is 20.1 Å². The molecule has 1 rings (SSSR count). The molecule has 0 unspecified atom stereocenters. The van der Waals surface area contributed by atoms with Crippen LogP contribution < -0.4 is 20.1 Å². The molecule has 0 bridgehead atoms. The van der Waals surface area contributed by atoms with Crippen molar-refractivity contribution in [2.24, 2.45) is 0 Å². The molecule has 0 saturated heterocycles. The van der Waals surface area contributed by atoms with Crippen LogP contribution in [-0.2, 0) is 9.59 Å². The maximum absolute atomic E-state index is 11.2. The monoisotopic (exact) mass is 388 g/mol. The highest BCUT2D eigenvalue weighted by atomic mass is 16.5. The molecular weight excluding hydrogens is 360 g/mol. The topological polar surface area (TPSA) is 93.7 Å². The van der Waals surface area contributed by atoms with Crippen LogP contribution in [-0.4, -0.2) is 44.4 Å². The number of carbonyl (C=O) groups excluding carboxylic acids is 3. The minimum absolute atomic E-state index is 0.185. The minimum Gasteiger partial charge on any atom is -0.493 e. The molecule has 152 valence electrons. The van der Waals surface area contributed by atoms with Gasteiger partial charge >= 0.3 is 0 Å². The maximum Gasteiger partial charge on any atom is 0.243 e. The SMILES string of the molecule is C=CC(=O)NCCCCOc1ccc(C=O)c(OCCCCNC(=O)C=C)c1.